The Hall–Kier alpha value is -1.10. The molecule has 62 valence electrons. The Kier molecular flexibility index (Phi) is 1.60. The molecule has 4 N–H and O–H groups in total. The van der Waals surface area contributed by atoms with Gasteiger partial charge in [-0.2, -0.15) is 5.10 Å². The molecule has 0 radical (unpaired) electrons. The van der Waals surface area contributed by atoms with Crippen LogP contribution < -0.4 is 11.5 Å². The van der Waals surface area contributed by atoms with Crippen LogP contribution in [0.2, 0.25) is 0 Å². The van der Waals surface area contributed by atoms with E-state index in [1.165, 1.54) is 0 Å². The Morgan fingerprint density at radius 1 is 1.82 bits per heavy atom. The molecule has 0 spiro atoms. The van der Waals surface area contributed by atoms with E-state index in [0.717, 1.165) is 0 Å². The summed E-state index contributed by atoms with van der Waals surface area (Å²) in [6.45, 7) is 2.07. The smallest absolute Gasteiger partial charge is 0.245 e. The predicted octanol–water partition coefficient (Wildman–Crippen LogP) is -1.51. The van der Waals surface area contributed by atoms with Crippen molar-refractivity contribution in [3.05, 3.63) is 0 Å². The Bertz CT molecular complexity index is 225. The molecule has 1 atom stereocenters. The van der Waals surface area contributed by atoms with Gasteiger partial charge in [-0.1, -0.05) is 0 Å². The Balaban J connectivity index is 2.92. The van der Waals surface area contributed by atoms with Crippen molar-refractivity contribution >= 4 is 11.6 Å². The Morgan fingerprint density at radius 3 is 2.55 bits per heavy atom. The van der Waals surface area contributed by atoms with Crippen molar-refractivity contribution in [1.82, 2.24) is 5.01 Å². The molecule has 0 aromatic carbocycles. The quantitative estimate of drug-likeness (QED) is 0.484. The number of rotatable bonds is 1. The highest BCUT2D eigenvalue weighted by molar-refractivity contribution is 6.12. The topological polar surface area (TPSA) is 84.7 Å². The average molecular weight is 156 g/mol. The van der Waals surface area contributed by atoms with Gasteiger partial charge in [-0.3, -0.25) is 9.80 Å². The molecule has 11 heavy (non-hydrogen) atoms. The first-order valence-corrected chi connectivity index (χ1v) is 3.32. The van der Waals surface area contributed by atoms with Crippen molar-refractivity contribution in [3.63, 3.8) is 0 Å². The summed E-state index contributed by atoms with van der Waals surface area (Å²) >= 11 is 0. The number of nitrogens with zero attached hydrogens (tertiary/aromatic N) is 2. The number of hydrogen-bond acceptors (Lipinski definition) is 4. The van der Waals surface area contributed by atoms with Gasteiger partial charge in [0.05, 0.1) is 12.3 Å². The van der Waals surface area contributed by atoms with Crippen LogP contribution in [-0.2, 0) is 4.79 Å². The molecule has 5 nitrogen and oxygen atoms in total. The number of carbonyl (C=O) groups excluding carboxylic acids is 1. The van der Waals surface area contributed by atoms with E-state index < -0.39 is 11.4 Å². The third-order valence-electron chi connectivity index (χ3n) is 1.88. The summed E-state index contributed by atoms with van der Waals surface area (Å²) in [6.07, 6.45) is 0. The second-order valence-corrected chi connectivity index (χ2v) is 2.84. The number of hydrazone groups is 1. The average Bonchev–Trinajstić information content (AvgIpc) is 2.08. The summed E-state index contributed by atoms with van der Waals surface area (Å²) in [5.41, 5.74) is 10.3. The van der Waals surface area contributed by atoms with Crippen molar-refractivity contribution in [1.29, 1.82) is 0 Å². The molecule has 1 amide bonds. The molecule has 0 aromatic heterocycles. The van der Waals surface area contributed by atoms with Crippen molar-refractivity contribution < 1.29 is 4.79 Å². The highest BCUT2D eigenvalue weighted by atomic mass is 16.1. The Labute approximate surface area is 65.0 Å². The molecule has 1 unspecified atom stereocenters. The summed E-state index contributed by atoms with van der Waals surface area (Å²) in [4.78, 5) is 10.9. The molecule has 0 fully saturated rings. The second-order valence-electron chi connectivity index (χ2n) is 2.84. The first kappa shape index (κ1) is 8.00. The monoisotopic (exact) mass is 156 g/mol. The van der Waals surface area contributed by atoms with Crippen molar-refractivity contribution in [2.45, 2.75) is 12.5 Å². The molecule has 1 rings (SSSR count). The zero-order chi connectivity index (χ0) is 8.65. The van der Waals surface area contributed by atoms with Crippen molar-refractivity contribution in [2.24, 2.45) is 16.6 Å². The third kappa shape index (κ3) is 1.07. The van der Waals surface area contributed by atoms with Crippen molar-refractivity contribution in [2.75, 3.05) is 13.6 Å². The van der Waals surface area contributed by atoms with E-state index >= 15 is 0 Å². The molecule has 1 heterocycles. The fraction of sp³-hybridized carbons (Fsp3) is 0.667. The van der Waals surface area contributed by atoms with Crippen LogP contribution in [0.3, 0.4) is 0 Å². The van der Waals surface area contributed by atoms with Crippen LogP contribution in [0, 0.1) is 0 Å². The third-order valence-corrected chi connectivity index (χ3v) is 1.88. The lowest BCUT2D eigenvalue weighted by molar-refractivity contribution is -0.121. The highest BCUT2D eigenvalue weighted by Crippen LogP contribution is 2.13. The van der Waals surface area contributed by atoms with Gasteiger partial charge in [-0.25, -0.2) is 0 Å². The number of hydrogen-bond donors (Lipinski definition) is 2. The van der Waals surface area contributed by atoms with Gasteiger partial charge in [0.1, 0.15) is 0 Å². The zero-order valence-corrected chi connectivity index (χ0v) is 6.66. The van der Waals surface area contributed by atoms with E-state index in [-0.39, 0.29) is 0 Å². The lowest BCUT2D eigenvalue weighted by atomic mass is 9.96. The fourth-order valence-electron chi connectivity index (χ4n) is 1.11. The molecule has 0 saturated heterocycles. The number of primary amides is 1. The van der Waals surface area contributed by atoms with E-state index in [1.54, 1.807) is 19.0 Å². The number of amides is 1. The molecular formula is C6H12N4O. The first-order chi connectivity index (χ1) is 4.97. The van der Waals surface area contributed by atoms with Crippen LogP contribution in [0.1, 0.15) is 6.92 Å². The van der Waals surface area contributed by atoms with Crippen LogP contribution in [0.15, 0.2) is 5.10 Å². The molecule has 0 bridgehead atoms. The lowest BCUT2D eigenvalue weighted by Crippen LogP contribution is -2.59. The SMILES string of the molecule is CC1=NN(C)CC1(N)C(N)=O. The molecule has 0 aromatic rings. The number of likely N-dealkylation sites (N-methyl/N-ethyl adjacent to an activating group) is 1. The highest BCUT2D eigenvalue weighted by Gasteiger charge is 2.40. The number of nitrogens with two attached hydrogens (primary N) is 2. The summed E-state index contributed by atoms with van der Waals surface area (Å²) in [5, 5.41) is 5.60. The minimum absolute atomic E-state index is 0.369. The predicted molar refractivity (Wildman–Crippen MR) is 41.9 cm³/mol. The van der Waals surface area contributed by atoms with Crippen molar-refractivity contribution in [3.8, 4) is 0 Å². The summed E-state index contributed by atoms with van der Waals surface area (Å²) in [6, 6.07) is 0. The largest absolute Gasteiger partial charge is 0.368 e. The molecule has 1 aliphatic heterocycles. The van der Waals surface area contributed by atoms with Gasteiger partial charge < -0.3 is 11.5 Å². The van der Waals surface area contributed by atoms with E-state index in [9.17, 15) is 4.79 Å². The van der Waals surface area contributed by atoms with Crippen LogP contribution >= 0.6 is 0 Å². The van der Waals surface area contributed by atoms with E-state index in [2.05, 4.69) is 5.10 Å². The van der Waals surface area contributed by atoms with Crippen LogP contribution in [0.5, 0.6) is 0 Å². The van der Waals surface area contributed by atoms with Crippen LogP contribution in [0.4, 0.5) is 0 Å². The molecule has 1 aliphatic rings. The van der Waals surface area contributed by atoms with Gasteiger partial charge in [0.25, 0.3) is 0 Å². The van der Waals surface area contributed by atoms with E-state index in [0.29, 0.717) is 12.3 Å². The lowest BCUT2D eigenvalue weighted by Gasteiger charge is -2.19. The summed E-state index contributed by atoms with van der Waals surface area (Å²) in [7, 11) is 1.75. The van der Waals surface area contributed by atoms with Gasteiger partial charge in [0.15, 0.2) is 5.54 Å². The fourth-order valence-corrected chi connectivity index (χ4v) is 1.11. The van der Waals surface area contributed by atoms with Gasteiger partial charge >= 0.3 is 0 Å². The second kappa shape index (κ2) is 2.20. The summed E-state index contributed by atoms with van der Waals surface area (Å²) in [5.74, 6) is -0.525. The maximum absolute atomic E-state index is 10.9. The summed E-state index contributed by atoms with van der Waals surface area (Å²) < 4.78 is 0. The van der Waals surface area contributed by atoms with Gasteiger partial charge in [0, 0.05) is 7.05 Å². The Morgan fingerprint density at radius 2 is 2.36 bits per heavy atom. The zero-order valence-electron chi connectivity index (χ0n) is 6.66. The standard InChI is InChI=1S/C6H12N4O/c1-4-6(8,5(7)11)3-10(2)9-4/h3,8H2,1-2H3,(H2,7,11). The van der Waals surface area contributed by atoms with Crippen LogP contribution in [0.25, 0.3) is 0 Å². The molecule has 0 saturated carbocycles. The molecule has 5 heteroatoms. The van der Waals surface area contributed by atoms with Gasteiger partial charge in [-0.15, -0.1) is 0 Å². The maximum Gasteiger partial charge on any atom is 0.245 e. The molecular weight excluding hydrogens is 144 g/mol. The number of carbonyl (C=O) groups is 1. The minimum atomic E-state index is -1.06. The van der Waals surface area contributed by atoms with E-state index in [1.807, 2.05) is 0 Å². The van der Waals surface area contributed by atoms with E-state index in [4.69, 9.17) is 11.5 Å². The van der Waals surface area contributed by atoms with Crippen LogP contribution in [-0.4, -0.2) is 35.8 Å². The van der Waals surface area contributed by atoms with Gasteiger partial charge in [0.2, 0.25) is 5.91 Å². The minimum Gasteiger partial charge on any atom is -0.368 e. The maximum atomic E-state index is 10.9. The molecule has 0 aliphatic carbocycles. The normalized spacial score (nSPS) is 30.5. The van der Waals surface area contributed by atoms with Gasteiger partial charge in [-0.05, 0) is 6.92 Å². The first-order valence-electron chi connectivity index (χ1n) is 3.32.